The summed E-state index contributed by atoms with van der Waals surface area (Å²) in [5.74, 6) is 2.87. The van der Waals surface area contributed by atoms with Crippen LogP contribution in [-0.4, -0.2) is 13.1 Å². The molecular weight excluding hydrogens is 182 g/mol. The minimum atomic E-state index is 0.615. The predicted octanol–water partition coefficient (Wildman–Crippen LogP) is 3.45. The van der Waals surface area contributed by atoms with Gasteiger partial charge in [0.05, 0.1) is 0 Å². The maximum atomic E-state index is 3.61. The third-order valence-electron chi connectivity index (χ3n) is 4.51. The van der Waals surface area contributed by atoms with Gasteiger partial charge in [0.25, 0.3) is 0 Å². The molecule has 88 valence electrons. The molecule has 2 aliphatic rings. The quantitative estimate of drug-likeness (QED) is 0.697. The Morgan fingerprint density at radius 3 is 2.60 bits per heavy atom. The Labute approximate surface area is 95.0 Å². The van der Waals surface area contributed by atoms with Crippen molar-refractivity contribution in [2.24, 2.45) is 23.2 Å². The lowest BCUT2D eigenvalue weighted by Crippen LogP contribution is -2.40. The highest BCUT2D eigenvalue weighted by molar-refractivity contribution is 4.86. The van der Waals surface area contributed by atoms with Crippen molar-refractivity contribution in [2.75, 3.05) is 13.1 Å². The van der Waals surface area contributed by atoms with Gasteiger partial charge in [0, 0.05) is 0 Å². The van der Waals surface area contributed by atoms with Crippen molar-refractivity contribution < 1.29 is 0 Å². The van der Waals surface area contributed by atoms with E-state index in [9.17, 15) is 0 Å². The molecule has 15 heavy (non-hydrogen) atoms. The highest BCUT2D eigenvalue weighted by atomic mass is 14.9. The summed E-state index contributed by atoms with van der Waals surface area (Å²) in [5, 5.41) is 3.61. The SMILES string of the molecule is CC1CNCC(C2CCCC(C)(C)C2)C1. The molecule has 1 aliphatic carbocycles. The van der Waals surface area contributed by atoms with Crippen LogP contribution in [0.2, 0.25) is 0 Å². The molecule has 0 spiro atoms. The zero-order valence-corrected chi connectivity index (χ0v) is 10.7. The minimum absolute atomic E-state index is 0.615. The Morgan fingerprint density at radius 1 is 1.13 bits per heavy atom. The van der Waals surface area contributed by atoms with Gasteiger partial charge in [-0.05, 0) is 55.5 Å². The van der Waals surface area contributed by atoms with E-state index in [1.807, 2.05) is 0 Å². The van der Waals surface area contributed by atoms with E-state index < -0.39 is 0 Å². The Balaban J connectivity index is 1.92. The summed E-state index contributed by atoms with van der Waals surface area (Å²) >= 11 is 0. The first kappa shape index (κ1) is 11.4. The third-order valence-corrected chi connectivity index (χ3v) is 4.51. The molecule has 0 amide bonds. The lowest BCUT2D eigenvalue weighted by Gasteiger charge is -2.41. The van der Waals surface area contributed by atoms with Crippen LogP contribution in [0, 0.1) is 23.2 Å². The monoisotopic (exact) mass is 209 g/mol. The molecule has 3 unspecified atom stereocenters. The normalized spacial score (nSPS) is 41.4. The van der Waals surface area contributed by atoms with Crippen LogP contribution in [0.4, 0.5) is 0 Å². The second-order valence-corrected chi connectivity index (χ2v) is 6.78. The van der Waals surface area contributed by atoms with Crippen LogP contribution in [0.3, 0.4) is 0 Å². The summed E-state index contributed by atoms with van der Waals surface area (Å²) in [6, 6.07) is 0. The first-order chi connectivity index (χ1) is 7.07. The molecular formula is C14H27N. The van der Waals surface area contributed by atoms with E-state index in [0.717, 1.165) is 17.8 Å². The molecule has 1 heterocycles. The molecule has 1 N–H and O–H groups in total. The summed E-state index contributed by atoms with van der Waals surface area (Å²) in [5.41, 5.74) is 0.615. The molecule has 1 saturated carbocycles. The van der Waals surface area contributed by atoms with Gasteiger partial charge in [0.2, 0.25) is 0 Å². The summed E-state index contributed by atoms with van der Waals surface area (Å²) in [6.07, 6.45) is 7.32. The van der Waals surface area contributed by atoms with Crippen molar-refractivity contribution in [1.82, 2.24) is 5.32 Å². The molecule has 2 fully saturated rings. The van der Waals surface area contributed by atoms with Gasteiger partial charge in [-0.15, -0.1) is 0 Å². The molecule has 1 saturated heterocycles. The Kier molecular flexibility index (Phi) is 3.39. The minimum Gasteiger partial charge on any atom is -0.316 e. The van der Waals surface area contributed by atoms with Crippen molar-refractivity contribution in [3.8, 4) is 0 Å². The fraction of sp³-hybridized carbons (Fsp3) is 1.00. The van der Waals surface area contributed by atoms with E-state index in [2.05, 4.69) is 26.1 Å². The fourth-order valence-electron chi connectivity index (χ4n) is 3.72. The van der Waals surface area contributed by atoms with Gasteiger partial charge in [0.1, 0.15) is 0 Å². The van der Waals surface area contributed by atoms with E-state index in [1.54, 1.807) is 0 Å². The molecule has 1 aliphatic heterocycles. The standard InChI is InChI=1S/C14H27N/c1-11-7-13(10-15-9-11)12-5-4-6-14(2,3)8-12/h11-13,15H,4-10H2,1-3H3. The number of hydrogen-bond acceptors (Lipinski definition) is 1. The van der Waals surface area contributed by atoms with Crippen molar-refractivity contribution in [3.05, 3.63) is 0 Å². The van der Waals surface area contributed by atoms with E-state index in [4.69, 9.17) is 0 Å². The molecule has 0 aromatic carbocycles. The second kappa shape index (κ2) is 4.45. The van der Waals surface area contributed by atoms with Crippen LogP contribution in [-0.2, 0) is 0 Å². The average molecular weight is 209 g/mol. The second-order valence-electron chi connectivity index (χ2n) is 6.78. The molecule has 3 atom stereocenters. The van der Waals surface area contributed by atoms with Gasteiger partial charge in [0.15, 0.2) is 0 Å². The highest BCUT2D eigenvalue weighted by Crippen LogP contribution is 2.43. The van der Waals surface area contributed by atoms with Crippen LogP contribution in [0.25, 0.3) is 0 Å². The molecule has 1 nitrogen and oxygen atoms in total. The van der Waals surface area contributed by atoms with Crippen LogP contribution in [0.15, 0.2) is 0 Å². The van der Waals surface area contributed by atoms with Crippen LogP contribution >= 0.6 is 0 Å². The molecule has 0 radical (unpaired) electrons. The van der Waals surface area contributed by atoms with Gasteiger partial charge in [-0.1, -0.05) is 33.6 Å². The van der Waals surface area contributed by atoms with Gasteiger partial charge in [-0.25, -0.2) is 0 Å². The van der Waals surface area contributed by atoms with E-state index in [0.29, 0.717) is 5.41 Å². The average Bonchev–Trinajstić information content (AvgIpc) is 2.16. The first-order valence-electron chi connectivity index (χ1n) is 6.77. The topological polar surface area (TPSA) is 12.0 Å². The predicted molar refractivity (Wildman–Crippen MR) is 65.9 cm³/mol. The fourth-order valence-corrected chi connectivity index (χ4v) is 3.72. The zero-order valence-electron chi connectivity index (χ0n) is 10.7. The maximum absolute atomic E-state index is 3.61. The summed E-state index contributed by atoms with van der Waals surface area (Å²) in [7, 11) is 0. The Bertz CT molecular complexity index is 209. The summed E-state index contributed by atoms with van der Waals surface area (Å²) in [4.78, 5) is 0. The number of nitrogens with one attached hydrogen (secondary N) is 1. The third kappa shape index (κ3) is 2.96. The largest absolute Gasteiger partial charge is 0.316 e. The smallest absolute Gasteiger partial charge is 0.00176 e. The van der Waals surface area contributed by atoms with Crippen LogP contribution in [0.5, 0.6) is 0 Å². The van der Waals surface area contributed by atoms with E-state index in [1.165, 1.54) is 45.2 Å². The molecule has 2 rings (SSSR count). The lowest BCUT2D eigenvalue weighted by atomic mass is 9.66. The first-order valence-corrected chi connectivity index (χ1v) is 6.77. The number of piperidine rings is 1. The molecule has 0 aromatic rings. The number of rotatable bonds is 1. The molecule has 0 aromatic heterocycles. The number of hydrogen-bond donors (Lipinski definition) is 1. The van der Waals surface area contributed by atoms with Crippen molar-refractivity contribution in [3.63, 3.8) is 0 Å². The van der Waals surface area contributed by atoms with Crippen molar-refractivity contribution in [1.29, 1.82) is 0 Å². The van der Waals surface area contributed by atoms with Gasteiger partial charge in [-0.3, -0.25) is 0 Å². The van der Waals surface area contributed by atoms with E-state index >= 15 is 0 Å². The zero-order chi connectivity index (χ0) is 10.9. The van der Waals surface area contributed by atoms with Crippen molar-refractivity contribution >= 4 is 0 Å². The van der Waals surface area contributed by atoms with Crippen molar-refractivity contribution in [2.45, 2.75) is 52.9 Å². The highest BCUT2D eigenvalue weighted by Gasteiger charge is 2.34. The Hall–Kier alpha value is -0.0400. The Morgan fingerprint density at radius 2 is 1.93 bits per heavy atom. The van der Waals surface area contributed by atoms with Crippen LogP contribution in [0.1, 0.15) is 52.9 Å². The van der Waals surface area contributed by atoms with Gasteiger partial charge < -0.3 is 5.32 Å². The van der Waals surface area contributed by atoms with E-state index in [-0.39, 0.29) is 0 Å². The molecule has 0 bridgehead atoms. The summed E-state index contributed by atoms with van der Waals surface area (Å²) in [6.45, 7) is 9.84. The van der Waals surface area contributed by atoms with Gasteiger partial charge >= 0.3 is 0 Å². The van der Waals surface area contributed by atoms with Crippen LogP contribution < -0.4 is 5.32 Å². The summed E-state index contributed by atoms with van der Waals surface area (Å²) < 4.78 is 0. The molecule has 1 heteroatoms. The lowest BCUT2D eigenvalue weighted by molar-refractivity contribution is 0.107. The van der Waals surface area contributed by atoms with Gasteiger partial charge in [-0.2, -0.15) is 0 Å². The maximum Gasteiger partial charge on any atom is -0.00176 e.